The Bertz CT molecular complexity index is 2190. The second-order valence-electron chi connectivity index (χ2n) is 13.9. The summed E-state index contributed by atoms with van der Waals surface area (Å²) in [6.07, 6.45) is -7.59. The van der Waals surface area contributed by atoms with E-state index in [2.05, 4.69) is 59.0 Å². The zero-order chi connectivity index (χ0) is 37.8. The molecule has 0 aliphatic heterocycles. The van der Waals surface area contributed by atoms with Crippen LogP contribution in [0.4, 0.5) is 37.8 Å². The van der Waals surface area contributed by atoms with Gasteiger partial charge in [-0.15, -0.1) is 0 Å². The molecule has 2 aromatic carbocycles. The lowest BCUT2D eigenvalue weighted by Crippen LogP contribution is -2.59. The highest BCUT2D eigenvalue weighted by Crippen LogP contribution is 2.45. The zero-order valence-corrected chi connectivity index (χ0v) is 30.8. The third-order valence-electron chi connectivity index (χ3n) is 9.29. The van der Waals surface area contributed by atoms with Gasteiger partial charge in [0.05, 0.1) is 28.8 Å². The number of fused-ring (bicyclic) bond motifs is 2. The number of hydrogen-bond acceptors (Lipinski definition) is 7. The average molecular weight is 752 g/mol. The molecule has 0 bridgehead atoms. The number of halogens is 6. The highest BCUT2D eigenvalue weighted by atomic mass is 32.2. The van der Waals surface area contributed by atoms with Crippen LogP contribution in [0.3, 0.4) is 0 Å². The van der Waals surface area contributed by atoms with Gasteiger partial charge < -0.3 is 10.4 Å². The summed E-state index contributed by atoms with van der Waals surface area (Å²) in [5, 5.41) is 18.4. The normalized spacial score (nSPS) is 14.5. The van der Waals surface area contributed by atoms with Crippen LogP contribution in [-0.2, 0) is 16.5 Å². The Balaban J connectivity index is 1.49. The van der Waals surface area contributed by atoms with E-state index in [4.69, 9.17) is 4.03 Å². The van der Waals surface area contributed by atoms with Crippen molar-refractivity contribution in [2.24, 2.45) is 4.03 Å². The first-order valence-corrected chi connectivity index (χ1v) is 20.4. The first kappa shape index (κ1) is 38.2. The molecule has 0 amide bonds. The van der Waals surface area contributed by atoms with Gasteiger partial charge in [0.2, 0.25) is 0 Å². The highest BCUT2D eigenvalue weighted by Gasteiger charge is 2.70. The molecule has 9 nitrogen and oxygen atoms in total. The van der Waals surface area contributed by atoms with Gasteiger partial charge in [-0.1, -0.05) is 33.8 Å². The van der Waals surface area contributed by atoms with Crippen LogP contribution in [0.25, 0.3) is 32.9 Å². The summed E-state index contributed by atoms with van der Waals surface area (Å²) in [7, 11) is -5.16. The standard InChI is InChI=1S/C34H39F6N7O2SSi/c1-8-44-50(49,46-51(6,7)31(3,4)5)24-11-9-23(10-12-24)45-29-17-26-22(18-42-29)15-16-41-30(26)25-13-14-28-27(21(25)2)19-43-47(28)20-32(48,33(35,36)37)34(38,39)40/h9-19,48H,8,20H2,1-7H3,(H,42,45)(H,44,46,49)/t50-/m1/s1. The van der Waals surface area contributed by atoms with Crippen molar-refractivity contribution in [3.63, 3.8) is 0 Å². The van der Waals surface area contributed by atoms with E-state index >= 15 is 0 Å². The largest absolute Gasteiger partial charge is 0.428 e. The topological polar surface area (TPSA) is 117 Å². The molecule has 0 saturated heterocycles. The van der Waals surface area contributed by atoms with E-state index < -0.39 is 42.6 Å². The molecule has 51 heavy (non-hydrogen) atoms. The number of benzene rings is 2. The number of alkyl halides is 6. The fourth-order valence-electron chi connectivity index (χ4n) is 5.27. The van der Waals surface area contributed by atoms with Gasteiger partial charge >= 0.3 is 12.4 Å². The van der Waals surface area contributed by atoms with Crippen molar-refractivity contribution < 1.29 is 35.7 Å². The molecule has 0 aliphatic rings. The van der Waals surface area contributed by atoms with Gasteiger partial charge in [-0.25, -0.2) is 13.9 Å². The molecule has 274 valence electrons. The summed E-state index contributed by atoms with van der Waals surface area (Å²) >= 11 is 0. The smallest absolute Gasteiger partial charge is 0.372 e. The number of aromatic nitrogens is 4. The minimum absolute atomic E-state index is 0.0222. The van der Waals surface area contributed by atoms with E-state index in [9.17, 15) is 35.7 Å². The Labute approximate surface area is 292 Å². The van der Waals surface area contributed by atoms with Crippen LogP contribution in [0.2, 0.25) is 18.1 Å². The Morgan fingerprint density at radius 2 is 1.57 bits per heavy atom. The number of hydrogen-bond donors (Lipinski definition) is 3. The number of rotatable bonds is 9. The molecule has 0 aliphatic carbocycles. The molecular formula is C34H39F6N7O2SSi. The molecule has 0 spiro atoms. The number of nitrogens with one attached hydrogen (secondary N) is 2. The Kier molecular flexibility index (Phi) is 9.86. The third-order valence-corrected chi connectivity index (χ3v) is 17.4. The molecule has 3 heterocycles. The van der Waals surface area contributed by atoms with Crippen molar-refractivity contribution in [1.82, 2.24) is 24.5 Å². The Hall–Kier alpha value is -4.06. The van der Waals surface area contributed by atoms with E-state index in [1.165, 1.54) is 12.3 Å². The van der Waals surface area contributed by atoms with Gasteiger partial charge in [-0.05, 0) is 73.1 Å². The maximum atomic E-state index is 14.1. The number of anilines is 2. The number of aliphatic hydroxyl groups is 1. The summed E-state index contributed by atoms with van der Waals surface area (Å²) in [6.45, 7) is 12.7. The van der Waals surface area contributed by atoms with Gasteiger partial charge in [0.15, 0.2) is 8.24 Å². The molecule has 17 heteroatoms. The van der Waals surface area contributed by atoms with Crippen molar-refractivity contribution in [3.8, 4) is 11.3 Å². The van der Waals surface area contributed by atoms with E-state index in [0.29, 0.717) is 55.2 Å². The lowest BCUT2D eigenvalue weighted by Gasteiger charge is -2.33. The predicted octanol–water partition coefficient (Wildman–Crippen LogP) is 8.91. The Morgan fingerprint density at radius 1 is 0.922 bits per heavy atom. The van der Waals surface area contributed by atoms with Gasteiger partial charge in [0.1, 0.15) is 15.7 Å². The van der Waals surface area contributed by atoms with Crippen molar-refractivity contribution >= 4 is 51.3 Å². The lowest BCUT2D eigenvalue weighted by molar-refractivity contribution is -0.372. The van der Waals surface area contributed by atoms with E-state index in [1.807, 2.05) is 6.92 Å². The van der Waals surface area contributed by atoms with Crippen LogP contribution in [0, 0.1) is 6.92 Å². The second-order valence-corrected chi connectivity index (χ2v) is 21.0. The number of aryl methyl sites for hydroxylation is 1. The van der Waals surface area contributed by atoms with Crippen molar-refractivity contribution in [2.75, 3.05) is 11.9 Å². The van der Waals surface area contributed by atoms with E-state index in [1.54, 1.807) is 61.8 Å². The predicted molar refractivity (Wildman–Crippen MR) is 189 cm³/mol. The summed E-state index contributed by atoms with van der Waals surface area (Å²) in [5.41, 5.74) is -2.77. The van der Waals surface area contributed by atoms with Crippen LogP contribution in [0.15, 0.2) is 76.0 Å². The molecular weight excluding hydrogens is 713 g/mol. The second kappa shape index (κ2) is 13.2. The van der Waals surface area contributed by atoms with Crippen LogP contribution in [-0.4, -0.2) is 61.8 Å². The molecule has 0 unspecified atom stereocenters. The molecule has 0 radical (unpaired) electrons. The van der Waals surface area contributed by atoms with Gasteiger partial charge in [0.25, 0.3) is 5.60 Å². The summed E-state index contributed by atoms with van der Waals surface area (Å²) in [6, 6.07) is 13.5. The summed E-state index contributed by atoms with van der Waals surface area (Å²) in [5.74, 6) is 0.466. The molecule has 1 atom stereocenters. The van der Waals surface area contributed by atoms with E-state index in [-0.39, 0.29) is 10.6 Å². The van der Waals surface area contributed by atoms with Gasteiger partial charge in [0, 0.05) is 46.3 Å². The minimum atomic E-state index is -5.98. The Morgan fingerprint density at radius 3 is 2.16 bits per heavy atom. The monoisotopic (exact) mass is 751 g/mol. The maximum absolute atomic E-state index is 14.1. The van der Waals surface area contributed by atoms with Gasteiger partial charge in [-0.3, -0.25) is 13.7 Å². The SMILES string of the molecule is CCN[S@@](=O)(=N[Si](C)(C)C(C)(C)C)c1ccc(Nc2cc3c(-c4ccc5c(cnn5CC(O)(C(F)(F)F)C(F)(F)F)c4C)nccc3cn2)cc1. The van der Waals surface area contributed by atoms with E-state index in [0.717, 1.165) is 5.39 Å². The molecule has 3 N–H and O–H groups in total. The quantitative estimate of drug-likeness (QED) is 0.102. The van der Waals surface area contributed by atoms with Crippen LogP contribution < -0.4 is 10.0 Å². The first-order chi connectivity index (χ1) is 23.5. The summed E-state index contributed by atoms with van der Waals surface area (Å²) in [4.78, 5) is 9.64. The first-order valence-electron chi connectivity index (χ1n) is 16.0. The van der Waals surface area contributed by atoms with Crippen molar-refractivity contribution in [1.29, 1.82) is 0 Å². The summed E-state index contributed by atoms with van der Waals surface area (Å²) < 4.78 is 103. The van der Waals surface area contributed by atoms with Crippen LogP contribution in [0.5, 0.6) is 0 Å². The third kappa shape index (κ3) is 7.21. The average Bonchev–Trinajstić information content (AvgIpc) is 3.43. The zero-order valence-electron chi connectivity index (χ0n) is 29.0. The van der Waals surface area contributed by atoms with Crippen LogP contribution >= 0.6 is 0 Å². The molecule has 5 aromatic rings. The van der Waals surface area contributed by atoms with Crippen LogP contribution in [0.1, 0.15) is 33.3 Å². The molecule has 5 rings (SSSR count). The number of nitrogens with zero attached hydrogens (tertiary/aromatic N) is 5. The number of pyridine rings is 2. The fraction of sp³-hybridized carbons (Fsp3) is 0.382. The highest BCUT2D eigenvalue weighted by molar-refractivity contribution is 7.92. The minimum Gasteiger partial charge on any atom is -0.372 e. The fourth-order valence-corrected chi connectivity index (χ4v) is 10.7. The maximum Gasteiger partial charge on any atom is 0.428 e. The molecule has 0 saturated carbocycles. The molecule has 0 fully saturated rings. The van der Waals surface area contributed by atoms with Crippen molar-refractivity contribution in [2.45, 2.75) is 82.1 Å². The van der Waals surface area contributed by atoms with Crippen molar-refractivity contribution in [3.05, 3.63) is 72.7 Å². The lowest BCUT2D eigenvalue weighted by atomic mass is 9.98. The van der Waals surface area contributed by atoms with Gasteiger partial charge in [-0.2, -0.15) is 31.4 Å². The molecule has 3 aromatic heterocycles.